The van der Waals surface area contributed by atoms with Crippen molar-refractivity contribution in [3.8, 4) is 5.75 Å². The van der Waals surface area contributed by atoms with Crippen LogP contribution in [0.1, 0.15) is 29.5 Å². The Labute approximate surface area is 172 Å². The highest BCUT2D eigenvalue weighted by atomic mass is 19.4. The maximum atomic E-state index is 12.9. The molecule has 3 rings (SSSR count). The quantitative estimate of drug-likeness (QED) is 0.509. The van der Waals surface area contributed by atoms with Gasteiger partial charge in [0.15, 0.2) is 0 Å². The lowest BCUT2D eigenvalue weighted by atomic mass is 9.96. The van der Waals surface area contributed by atoms with E-state index in [-0.39, 0.29) is 6.10 Å². The standard InChI is InChI=1S/C23H21F3O4/c24-23(25,26)18-9-7-16(8-10-18)21(5-2-6-22(27)28)17-3-1-4-20(15-17)30-19-11-13-29-14-12-19/h1-10,15,19H,11-14H2,(H,27,28). The van der Waals surface area contributed by atoms with Crippen molar-refractivity contribution in [1.29, 1.82) is 0 Å². The zero-order chi connectivity index (χ0) is 21.6. The highest BCUT2D eigenvalue weighted by Crippen LogP contribution is 2.32. The van der Waals surface area contributed by atoms with E-state index in [9.17, 15) is 18.0 Å². The third kappa shape index (κ3) is 5.97. The Kier molecular flexibility index (Phi) is 6.95. The van der Waals surface area contributed by atoms with Crippen LogP contribution in [0.4, 0.5) is 13.2 Å². The van der Waals surface area contributed by atoms with Gasteiger partial charge in [0.25, 0.3) is 0 Å². The lowest BCUT2D eigenvalue weighted by Crippen LogP contribution is -2.25. The number of carboxylic acids is 1. The maximum Gasteiger partial charge on any atom is 0.416 e. The Morgan fingerprint density at radius 3 is 2.40 bits per heavy atom. The summed E-state index contributed by atoms with van der Waals surface area (Å²) in [5.74, 6) is -0.478. The molecule has 4 nitrogen and oxygen atoms in total. The predicted octanol–water partition coefficient (Wildman–Crippen LogP) is 5.34. The number of carbonyl (C=O) groups is 1. The number of aliphatic carboxylic acids is 1. The van der Waals surface area contributed by atoms with Crippen LogP contribution in [-0.2, 0) is 15.7 Å². The fourth-order valence-electron chi connectivity index (χ4n) is 3.15. The van der Waals surface area contributed by atoms with Crippen LogP contribution in [0.25, 0.3) is 5.57 Å². The van der Waals surface area contributed by atoms with Gasteiger partial charge in [-0.25, -0.2) is 4.79 Å². The van der Waals surface area contributed by atoms with E-state index in [0.717, 1.165) is 31.1 Å². The number of alkyl halides is 3. The summed E-state index contributed by atoms with van der Waals surface area (Å²) in [7, 11) is 0. The van der Waals surface area contributed by atoms with Crippen molar-refractivity contribution in [1.82, 2.24) is 0 Å². The van der Waals surface area contributed by atoms with Gasteiger partial charge in [-0.2, -0.15) is 13.2 Å². The Hall–Kier alpha value is -3.06. The molecule has 0 unspecified atom stereocenters. The molecule has 0 atom stereocenters. The van der Waals surface area contributed by atoms with Crippen molar-refractivity contribution < 1.29 is 32.5 Å². The molecule has 0 saturated carbocycles. The van der Waals surface area contributed by atoms with Gasteiger partial charge in [-0.15, -0.1) is 0 Å². The molecular formula is C23H21F3O4. The summed E-state index contributed by atoms with van der Waals surface area (Å²) in [6.45, 7) is 1.28. The molecule has 1 aliphatic rings. The van der Waals surface area contributed by atoms with Gasteiger partial charge < -0.3 is 14.6 Å². The Bertz CT molecular complexity index is 924. The van der Waals surface area contributed by atoms with Gasteiger partial charge in [-0.3, -0.25) is 0 Å². The molecule has 0 spiro atoms. The fourth-order valence-corrected chi connectivity index (χ4v) is 3.15. The Balaban J connectivity index is 1.92. The molecule has 158 valence electrons. The number of halogens is 3. The SMILES string of the molecule is O=C(O)C=CC=C(c1ccc(C(F)(F)F)cc1)c1cccc(OC2CCOCC2)c1. The molecule has 7 heteroatoms. The van der Waals surface area contributed by atoms with Gasteiger partial charge in [0.2, 0.25) is 0 Å². The number of allylic oxidation sites excluding steroid dienone is 2. The number of hydrogen-bond donors (Lipinski definition) is 1. The van der Waals surface area contributed by atoms with Crippen molar-refractivity contribution in [3.05, 3.63) is 83.4 Å². The first-order valence-corrected chi connectivity index (χ1v) is 9.47. The Morgan fingerprint density at radius 1 is 1.07 bits per heavy atom. The molecule has 2 aromatic rings. The Morgan fingerprint density at radius 2 is 1.77 bits per heavy atom. The van der Waals surface area contributed by atoms with Crippen LogP contribution < -0.4 is 4.74 Å². The molecular weight excluding hydrogens is 397 g/mol. The van der Waals surface area contributed by atoms with Crippen LogP contribution >= 0.6 is 0 Å². The van der Waals surface area contributed by atoms with E-state index in [1.54, 1.807) is 24.3 Å². The monoisotopic (exact) mass is 418 g/mol. The third-order valence-corrected chi connectivity index (χ3v) is 4.64. The lowest BCUT2D eigenvalue weighted by molar-refractivity contribution is -0.137. The van der Waals surface area contributed by atoms with E-state index in [1.807, 2.05) is 6.07 Å². The van der Waals surface area contributed by atoms with Crippen LogP contribution in [-0.4, -0.2) is 30.4 Å². The van der Waals surface area contributed by atoms with Gasteiger partial charge in [0, 0.05) is 18.9 Å². The number of rotatable bonds is 6. The van der Waals surface area contributed by atoms with Crippen LogP contribution in [0.15, 0.2) is 66.8 Å². The molecule has 1 fully saturated rings. The van der Waals surface area contributed by atoms with Gasteiger partial charge in [0.1, 0.15) is 11.9 Å². The molecule has 2 aromatic carbocycles. The summed E-state index contributed by atoms with van der Waals surface area (Å²) in [6, 6.07) is 12.0. The normalized spacial score (nSPS) is 16.0. The minimum atomic E-state index is -4.43. The second kappa shape index (κ2) is 9.63. The summed E-state index contributed by atoms with van der Waals surface area (Å²) in [5, 5.41) is 8.85. The summed E-state index contributed by atoms with van der Waals surface area (Å²) in [6.07, 6.45) is 1.06. The van der Waals surface area contributed by atoms with E-state index in [1.165, 1.54) is 18.2 Å². The molecule has 1 N–H and O–H groups in total. The maximum absolute atomic E-state index is 12.9. The molecule has 1 aliphatic heterocycles. The van der Waals surface area contributed by atoms with E-state index in [2.05, 4.69) is 0 Å². The summed E-state index contributed by atoms with van der Waals surface area (Å²) in [4.78, 5) is 10.8. The number of carboxylic acid groups (broad SMARTS) is 1. The largest absolute Gasteiger partial charge is 0.490 e. The second-order valence-electron chi connectivity index (χ2n) is 6.81. The topological polar surface area (TPSA) is 55.8 Å². The van der Waals surface area contributed by atoms with Crippen molar-refractivity contribution in [2.24, 2.45) is 0 Å². The minimum absolute atomic E-state index is 0.0411. The van der Waals surface area contributed by atoms with Crippen molar-refractivity contribution in [3.63, 3.8) is 0 Å². The van der Waals surface area contributed by atoms with Gasteiger partial charge in [-0.05, 0) is 41.0 Å². The second-order valence-corrected chi connectivity index (χ2v) is 6.81. The smallest absolute Gasteiger partial charge is 0.416 e. The zero-order valence-electron chi connectivity index (χ0n) is 16.1. The van der Waals surface area contributed by atoms with Gasteiger partial charge >= 0.3 is 12.1 Å². The fraction of sp³-hybridized carbons (Fsp3) is 0.261. The van der Waals surface area contributed by atoms with Crippen LogP contribution in [0.2, 0.25) is 0 Å². The highest BCUT2D eigenvalue weighted by molar-refractivity contribution is 5.84. The molecule has 0 aliphatic carbocycles. The van der Waals surface area contributed by atoms with E-state index in [4.69, 9.17) is 14.6 Å². The molecule has 30 heavy (non-hydrogen) atoms. The molecule has 1 heterocycles. The first kappa shape index (κ1) is 21.6. The van der Waals surface area contributed by atoms with Gasteiger partial charge in [0.05, 0.1) is 18.8 Å². The number of benzene rings is 2. The molecule has 0 radical (unpaired) electrons. The summed E-state index contributed by atoms with van der Waals surface area (Å²) in [5.41, 5.74) is 1.07. The van der Waals surface area contributed by atoms with Crippen molar-refractivity contribution >= 4 is 11.5 Å². The lowest BCUT2D eigenvalue weighted by Gasteiger charge is -2.23. The summed E-state index contributed by atoms with van der Waals surface area (Å²) < 4.78 is 50.0. The number of hydrogen-bond acceptors (Lipinski definition) is 3. The van der Waals surface area contributed by atoms with Crippen molar-refractivity contribution in [2.75, 3.05) is 13.2 Å². The molecule has 0 amide bonds. The first-order chi connectivity index (χ1) is 14.3. The molecule has 0 bridgehead atoms. The molecule has 1 saturated heterocycles. The van der Waals surface area contributed by atoms with Crippen LogP contribution in [0, 0.1) is 0 Å². The average Bonchev–Trinajstić information content (AvgIpc) is 2.71. The third-order valence-electron chi connectivity index (χ3n) is 4.64. The van der Waals surface area contributed by atoms with Crippen LogP contribution in [0.5, 0.6) is 5.75 Å². The first-order valence-electron chi connectivity index (χ1n) is 9.47. The highest BCUT2D eigenvalue weighted by Gasteiger charge is 2.30. The van der Waals surface area contributed by atoms with Gasteiger partial charge in [-0.1, -0.05) is 36.4 Å². The molecule has 0 aromatic heterocycles. The minimum Gasteiger partial charge on any atom is -0.490 e. The average molecular weight is 418 g/mol. The zero-order valence-corrected chi connectivity index (χ0v) is 16.1. The predicted molar refractivity (Wildman–Crippen MR) is 106 cm³/mol. The summed E-state index contributed by atoms with van der Waals surface area (Å²) >= 11 is 0. The van der Waals surface area contributed by atoms with Crippen molar-refractivity contribution in [2.45, 2.75) is 25.1 Å². The van der Waals surface area contributed by atoms with Crippen LogP contribution in [0.3, 0.4) is 0 Å². The van der Waals surface area contributed by atoms with E-state index < -0.39 is 17.7 Å². The van der Waals surface area contributed by atoms with E-state index in [0.29, 0.717) is 35.7 Å². The number of ether oxygens (including phenoxy) is 2. The van der Waals surface area contributed by atoms with E-state index >= 15 is 0 Å².